The van der Waals surface area contributed by atoms with Crippen LogP contribution in [-0.4, -0.2) is 34.1 Å². The molecule has 0 aliphatic carbocycles. The first-order valence-electron chi connectivity index (χ1n) is 8.42. The van der Waals surface area contributed by atoms with Crippen LogP contribution in [0, 0.1) is 6.92 Å². The summed E-state index contributed by atoms with van der Waals surface area (Å²) in [6, 6.07) is 7.85. The Kier molecular flexibility index (Phi) is 7.38. The first-order valence-corrected chi connectivity index (χ1v) is 9.91. The molecule has 0 atom stereocenters. The summed E-state index contributed by atoms with van der Waals surface area (Å²) in [5, 5.41) is 2.78. The number of rotatable bonds is 10. The molecule has 0 saturated heterocycles. The van der Waals surface area contributed by atoms with E-state index < -0.39 is 10.0 Å². The molecule has 0 radical (unpaired) electrons. The molecular weight excluding hydrogens is 356 g/mol. The van der Waals surface area contributed by atoms with Crippen molar-refractivity contribution < 1.29 is 22.4 Å². The molecule has 7 nitrogen and oxygen atoms in total. The standard InChI is InChI=1S/C18H24N2O5S/c1-3-24-10-5-9-19-18(21)17-12-16(8-7-14(17)2)26(22,23)20-13-15-6-4-11-25-15/h4,6-8,11-12,20H,3,5,9-10,13H2,1-2H3,(H,19,21). The zero-order chi connectivity index (χ0) is 19.0. The molecule has 1 aromatic carbocycles. The summed E-state index contributed by atoms with van der Waals surface area (Å²) in [4.78, 5) is 12.4. The Morgan fingerprint density at radius 2 is 2.08 bits per heavy atom. The summed E-state index contributed by atoms with van der Waals surface area (Å²) in [6.45, 7) is 5.39. The van der Waals surface area contributed by atoms with E-state index in [1.807, 2.05) is 6.92 Å². The number of aryl methyl sites for hydroxylation is 1. The average molecular weight is 380 g/mol. The van der Waals surface area contributed by atoms with Crippen LogP contribution in [0.4, 0.5) is 0 Å². The highest BCUT2D eigenvalue weighted by molar-refractivity contribution is 7.89. The lowest BCUT2D eigenvalue weighted by molar-refractivity contribution is 0.0943. The number of furan rings is 1. The van der Waals surface area contributed by atoms with Crippen molar-refractivity contribution in [2.45, 2.75) is 31.7 Å². The molecule has 0 fully saturated rings. The van der Waals surface area contributed by atoms with E-state index in [-0.39, 0.29) is 17.3 Å². The van der Waals surface area contributed by atoms with Gasteiger partial charge in [0.1, 0.15) is 5.76 Å². The van der Waals surface area contributed by atoms with Crippen LogP contribution in [0.15, 0.2) is 45.9 Å². The van der Waals surface area contributed by atoms with Gasteiger partial charge in [-0.25, -0.2) is 13.1 Å². The van der Waals surface area contributed by atoms with Crippen LogP contribution in [0.25, 0.3) is 0 Å². The minimum Gasteiger partial charge on any atom is -0.468 e. The minimum absolute atomic E-state index is 0.0362. The summed E-state index contributed by atoms with van der Waals surface area (Å²) in [6.07, 6.45) is 2.17. The van der Waals surface area contributed by atoms with Crippen LogP contribution in [0.5, 0.6) is 0 Å². The number of sulfonamides is 1. The van der Waals surface area contributed by atoms with Crippen LogP contribution in [0.1, 0.15) is 35.0 Å². The van der Waals surface area contributed by atoms with Crippen LogP contribution < -0.4 is 10.0 Å². The third kappa shape index (κ3) is 5.69. The molecule has 2 N–H and O–H groups in total. The summed E-state index contributed by atoms with van der Waals surface area (Å²) in [7, 11) is -3.75. The molecular formula is C18H24N2O5S. The Hall–Kier alpha value is -2.16. The monoisotopic (exact) mass is 380 g/mol. The lowest BCUT2D eigenvalue weighted by atomic mass is 10.1. The molecule has 2 rings (SSSR count). The van der Waals surface area contributed by atoms with Crippen molar-refractivity contribution in [3.8, 4) is 0 Å². The number of nitrogens with one attached hydrogen (secondary N) is 2. The SMILES string of the molecule is CCOCCCNC(=O)c1cc(S(=O)(=O)NCc2ccco2)ccc1C. The molecule has 2 aromatic rings. The largest absolute Gasteiger partial charge is 0.468 e. The fourth-order valence-electron chi connectivity index (χ4n) is 2.29. The fourth-order valence-corrected chi connectivity index (χ4v) is 3.31. The van der Waals surface area contributed by atoms with Gasteiger partial charge in [-0.1, -0.05) is 6.07 Å². The van der Waals surface area contributed by atoms with Crippen molar-refractivity contribution in [1.29, 1.82) is 0 Å². The van der Waals surface area contributed by atoms with Crippen LogP contribution in [0.2, 0.25) is 0 Å². The van der Waals surface area contributed by atoms with E-state index in [9.17, 15) is 13.2 Å². The molecule has 26 heavy (non-hydrogen) atoms. The Balaban J connectivity index is 2.04. The molecule has 1 aromatic heterocycles. The van der Waals surface area contributed by atoms with Gasteiger partial charge >= 0.3 is 0 Å². The van der Waals surface area contributed by atoms with Gasteiger partial charge in [-0.15, -0.1) is 0 Å². The lowest BCUT2D eigenvalue weighted by Gasteiger charge is -2.11. The number of amides is 1. The van der Waals surface area contributed by atoms with Gasteiger partial charge in [-0.3, -0.25) is 4.79 Å². The van der Waals surface area contributed by atoms with Gasteiger partial charge in [-0.05, 0) is 50.1 Å². The quantitative estimate of drug-likeness (QED) is 0.616. The molecule has 0 bridgehead atoms. The van der Waals surface area contributed by atoms with E-state index in [0.717, 1.165) is 0 Å². The molecule has 0 spiro atoms. The minimum atomic E-state index is -3.75. The van der Waals surface area contributed by atoms with Crippen LogP contribution in [0.3, 0.4) is 0 Å². The number of ether oxygens (including phenoxy) is 1. The summed E-state index contributed by atoms with van der Waals surface area (Å²) in [5.74, 6) is 0.204. The predicted octanol–water partition coefficient (Wildman–Crippen LogP) is 2.22. The third-order valence-electron chi connectivity index (χ3n) is 3.74. The molecule has 1 heterocycles. The number of carbonyl (C=O) groups excluding carboxylic acids is 1. The molecule has 1 amide bonds. The second kappa shape index (κ2) is 9.51. The van der Waals surface area contributed by atoms with Crippen LogP contribution in [-0.2, 0) is 21.3 Å². The van der Waals surface area contributed by atoms with Crippen molar-refractivity contribution >= 4 is 15.9 Å². The van der Waals surface area contributed by atoms with Crippen molar-refractivity contribution in [2.24, 2.45) is 0 Å². The predicted molar refractivity (Wildman–Crippen MR) is 97.4 cm³/mol. The van der Waals surface area contributed by atoms with E-state index in [1.54, 1.807) is 25.1 Å². The van der Waals surface area contributed by atoms with Crippen molar-refractivity contribution in [3.63, 3.8) is 0 Å². The van der Waals surface area contributed by atoms with Gasteiger partial charge in [0, 0.05) is 25.3 Å². The number of benzene rings is 1. The molecule has 8 heteroatoms. The number of carbonyl (C=O) groups is 1. The van der Waals surface area contributed by atoms with E-state index in [0.29, 0.717) is 43.1 Å². The molecule has 142 valence electrons. The Morgan fingerprint density at radius 1 is 1.27 bits per heavy atom. The van der Waals surface area contributed by atoms with E-state index in [4.69, 9.17) is 9.15 Å². The summed E-state index contributed by atoms with van der Waals surface area (Å²) < 4.78 is 37.7. The van der Waals surface area contributed by atoms with E-state index >= 15 is 0 Å². The molecule has 0 unspecified atom stereocenters. The van der Waals surface area contributed by atoms with Gasteiger partial charge in [0.25, 0.3) is 5.91 Å². The Bertz CT molecular complexity index is 816. The van der Waals surface area contributed by atoms with Crippen molar-refractivity contribution in [1.82, 2.24) is 10.0 Å². The average Bonchev–Trinajstić information content (AvgIpc) is 3.13. The number of hydrogen-bond acceptors (Lipinski definition) is 5. The van der Waals surface area contributed by atoms with Gasteiger partial charge in [0.15, 0.2) is 0 Å². The summed E-state index contributed by atoms with van der Waals surface area (Å²) >= 11 is 0. The molecule has 0 saturated carbocycles. The highest BCUT2D eigenvalue weighted by Crippen LogP contribution is 2.16. The smallest absolute Gasteiger partial charge is 0.251 e. The fraction of sp³-hybridized carbons (Fsp3) is 0.389. The maximum Gasteiger partial charge on any atom is 0.251 e. The maximum atomic E-state index is 12.4. The van der Waals surface area contributed by atoms with Crippen molar-refractivity contribution in [2.75, 3.05) is 19.8 Å². The van der Waals surface area contributed by atoms with Crippen LogP contribution >= 0.6 is 0 Å². The third-order valence-corrected chi connectivity index (χ3v) is 5.13. The van der Waals surface area contributed by atoms with Gasteiger partial charge < -0.3 is 14.5 Å². The topological polar surface area (TPSA) is 97.6 Å². The van der Waals surface area contributed by atoms with E-state index in [1.165, 1.54) is 18.4 Å². The highest BCUT2D eigenvalue weighted by atomic mass is 32.2. The first kappa shape index (κ1) is 20.2. The summed E-state index contributed by atoms with van der Waals surface area (Å²) in [5.41, 5.74) is 1.04. The highest BCUT2D eigenvalue weighted by Gasteiger charge is 2.18. The van der Waals surface area contributed by atoms with Gasteiger partial charge in [0.05, 0.1) is 17.7 Å². The maximum absolute atomic E-state index is 12.4. The second-order valence-electron chi connectivity index (χ2n) is 5.69. The zero-order valence-electron chi connectivity index (χ0n) is 14.9. The second-order valence-corrected chi connectivity index (χ2v) is 7.45. The zero-order valence-corrected chi connectivity index (χ0v) is 15.8. The van der Waals surface area contributed by atoms with Gasteiger partial charge in [0.2, 0.25) is 10.0 Å². The Morgan fingerprint density at radius 3 is 2.77 bits per heavy atom. The van der Waals surface area contributed by atoms with E-state index in [2.05, 4.69) is 10.0 Å². The lowest BCUT2D eigenvalue weighted by Crippen LogP contribution is -2.27. The first-order chi connectivity index (χ1) is 12.4. The van der Waals surface area contributed by atoms with Crippen molar-refractivity contribution in [3.05, 3.63) is 53.5 Å². The Labute approximate surface area is 153 Å². The number of hydrogen-bond donors (Lipinski definition) is 2. The molecule has 0 aliphatic rings. The normalized spacial score (nSPS) is 11.5. The van der Waals surface area contributed by atoms with Gasteiger partial charge in [-0.2, -0.15) is 0 Å². The molecule has 0 aliphatic heterocycles.